The van der Waals surface area contributed by atoms with Crippen molar-refractivity contribution in [2.45, 2.75) is 39.2 Å². The summed E-state index contributed by atoms with van der Waals surface area (Å²) in [6.07, 6.45) is 7.07. The number of hydrogen-bond acceptors (Lipinski definition) is 3. The Kier molecular flexibility index (Phi) is 6.07. The zero-order valence-electron chi connectivity index (χ0n) is 13.0. The average Bonchev–Trinajstić information content (AvgIpc) is 2.52. The second kappa shape index (κ2) is 8.30. The molecule has 3 heteroatoms. The van der Waals surface area contributed by atoms with E-state index < -0.39 is 0 Å². The molecule has 2 N–H and O–H groups in total. The van der Waals surface area contributed by atoms with Gasteiger partial charge in [0.1, 0.15) is 0 Å². The van der Waals surface area contributed by atoms with Crippen molar-refractivity contribution >= 4 is 11.4 Å². The molecule has 1 aromatic carbocycles. The van der Waals surface area contributed by atoms with Gasteiger partial charge in [-0.15, -0.1) is 0 Å². The summed E-state index contributed by atoms with van der Waals surface area (Å²) in [7, 11) is 0. The van der Waals surface area contributed by atoms with E-state index in [1.807, 2.05) is 12.4 Å². The maximum atomic E-state index is 4.28. The SMILES string of the molecule is CCCNc1cncc(NC(C)CCc2ccccc2)c1. The number of nitrogens with one attached hydrogen (secondary N) is 2. The van der Waals surface area contributed by atoms with Gasteiger partial charge >= 0.3 is 0 Å². The molecule has 0 aliphatic carbocycles. The van der Waals surface area contributed by atoms with Crippen molar-refractivity contribution in [3.05, 3.63) is 54.4 Å². The lowest BCUT2D eigenvalue weighted by atomic mass is 10.1. The van der Waals surface area contributed by atoms with Gasteiger partial charge < -0.3 is 10.6 Å². The second-order valence-electron chi connectivity index (χ2n) is 5.46. The van der Waals surface area contributed by atoms with Gasteiger partial charge in [-0.05, 0) is 37.8 Å². The summed E-state index contributed by atoms with van der Waals surface area (Å²) in [6.45, 7) is 5.36. The summed E-state index contributed by atoms with van der Waals surface area (Å²) in [5.74, 6) is 0. The molecule has 0 bridgehead atoms. The molecule has 1 aromatic heterocycles. The first-order valence-electron chi connectivity index (χ1n) is 7.77. The lowest BCUT2D eigenvalue weighted by Gasteiger charge is -2.16. The van der Waals surface area contributed by atoms with E-state index in [1.54, 1.807) is 0 Å². The Hall–Kier alpha value is -2.03. The lowest BCUT2D eigenvalue weighted by molar-refractivity contribution is 0.706. The first kappa shape index (κ1) is 15.4. The van der Waals surface area contributed by atoms with Gasteiger partial charge in [-0.2, -0.15) is 0 Å². The maximum Gasteiger partial charge on any atom is 0.0549 e. The molecule has 0 fully saturated rings. The van der Waals surface area contributed by atoms with Gasteiger partial charge in [0.2, 0.25) is 0 Å². The second-order valence-corrected chi connectivity index (χ2v) is 5.46. The Balaban J connectivity index is 1.83. The molecule has 0 amide bonds. The van der Waals surface area contributed by atoms with Gasteiger partial charge in [0.15, 0.2) is 0 Å². The van der Waals surface area contributed by atoms with E-state index in [2.05, 4.69) is 65.9 Å². The van der Waals surface area contributed by atoms with Crippen LogP contribution in [0.1, 0.15) is 32.3 Å². The van der Waals surface area contributed by atoms with Gasteiger partial charge in [-0.3, -0.25) is 4.98 Å². The van der Waals surface area contributed by atoms with Crippen LogP contribution in [0.15, 0.2) is 48.8 Å². The van der Waals surface area contributed by atoms with Crippen LogP contribution in [0.25, 0.3) is 0 Å². The summed E-state index contributed by atoms with van der Waals surface area (Å²) in [4.78, 5) is 4.28. The number of rotatable bonds is 8. The zero-order valence-corrected chi connectivity index (χ0v) is 13.0. The van der Waals surface area contributed by atoms with Crippen LogP contribution in [0.4, 0.5) is 11.4 Å². The Morgan fingerprint density at radius 3 is 2.62 bits per heavy atom. The molecule has 0 radical (unpaired) electrons. The van der Waals surface area contributed by atoms with Gasteiger partial charge in [0.05, 0.1) is 23.8 Å². The minimum atomic E-state index is 0.424. The number of hydrogen-bond donors (Lipinski definition) is 2. The third-order valence-corrected chi connectivity index (χ3v) is 3.44. The highest BCUT2D eigenvalue weighted by Crippen LogP contribution is 2.15. The van der Waals surface area contributed by atoms with Gasteiger partial charge in [-0.1, -0.05) is 37.3 Å². The first-order valence-corrected chi connectivity index (χ1v) is 7.77. The Morgan fingerprint density at radius 1 is 1.10 bits per heavy atom. The minimum Gasteiger partial charge on any atom is -0.384 e. The molecule has 0 saturated heterocycles. The topological polar surface area (TPSA) is 37.0 Å². The predicted molar refractivity (Wildman–Crippen MR) is 90.9 cm³/mol. The van der Waals surface area contributed by atoms with Crippen molar-refractivity contribution in [1.29, 1.82) is 0 Å². The van der Waals surface area contributed by atoms with Crippen LogP contribution in [-0.4, -0.2) is 17.6 Å². The molecule has 0 saturated carbocycles. The molecule has 1 atom stereocenters. The fourth-order valence-corrected chi connectivity index (χ4v) is 2.27. The fraction of sp³-hybridized carbons (Fsp3) is 0.389. The number of pyridine rings is 1. The predicted octanol–water partition coefficient (Wildman–Crippen LogP) is 4.34. The van der Waals surface area contributed by atoms with Crippen molar-refractivity contribution < 1.29 is 0 Å². The van der Waals surface area contributed by atoms with Crippen LogP contribution in [0.2, 0.25) is 0 Å². The van der Waals surface area contributed by atoms with Crippen molar-refractivity contribution in [3.63, 3.8) is 0 Å². The summed E-state index contributed by atoms with van der Waals surface area (Å²) in [5, 5.41) is 6.89. The highest BCUT2D eigenvalue weighted by atomic mass is 14.9. The number of aromatic nitrogens is 1. The molecule has 112 valence electrons. The van der Waals surface area contributed by atoms with E-state index in [0.29, 0.717) is 6.04 Å². The summed E-state index contributed by atoms with van der Waals surface area (Å²) in [6, 6.07) is 13.2. The van der Waals surface area contributed by atoms with Crippen molar-refractivity contribution in [2.24, 2.45) is 0 Å². The molecule has 0 aliphatic heterocycles. The third kappa shape index (κ3) is 5.46. The van der Waals surface area contributed by atoms with Crippen LogP contribution in [0.3, 0.4) is 0 Å². The quantitative estimate of drug-likeness (QED) is 0.757. The molecule has 1 unspecified atom stereocenters. The van der Waals surface area contributed by atoms with Crippen LogP contribution in [0.5, 0.6) is 0 Å². The third-order valence-electron chi connectivity index (χ3n) is 3.44. The van der Waals surface area contributed by atoms with Crippen molar-refractivity contribution in [3.8, 4) is 0 Å². The maximum absolute atomic E-state index is 4.28. The van der Waals surface area contributed by atoms with E-state index in [0.717, 1.165) is 37.2 Å². The first-order chi connectivity index (χ1) is 10.3. The highest BCUT2D eigenvalue weighted by Gasteiger charge is 2.04. The van der Waals surface area contributed by atoms with Crippen LogP contribution < -0.4 is 10.6 Å². The largest absolute Gasteiger partial charge is 0.384 e. The van der Waals surface area contributed by atoms with Gasteiger partial charge in [0.25, 0.3) is 0 Å². The van der Waals surface area contributed by atoms with E-state index >= 15 is 0 Å². The van der Waals surface area contributed by atoms with Crippen LogP contribution >= 0.6 is 0 Å². The highest BCUT2D eigenvalue weighted by molar-refractivity contribution is 5.54. The normalized spacial score (nSPS) is 11.9. The molecule has 2 aromatic rings. The molecule has 0 spiro atoms. The monoisotopic (exact) mass is 283 g/mol. The number of benzene rings is 1. The Morgan fingerprint density at radius 2 is 1.86 bits per heavy atom. The molecule has 21 heavy (non-hydrogen) atoms. The average molecular weight is 283 g/mol. The van der Waals surface area contributed by atoms with E-state index in [9.17, 15) is 0 Å². The van der Waals surface area contributed by atoms with E-state index in [4.69, 9.17) is 0 Å². The van der Waals surface area contributed by atoms with E-state index in [-0.39, 0.29) is 0 Å². The Bertz CT molecular complexity index is 525. The fourth-order valence-electron chi connectivity index (χ4n) is 2.27. The molecular weight excluding hydrogens is 258 g/mol. The van der Waals surface area contributed by atoms with Crippen LogP contribution in [0, 0.1) is 0 Å². The van der Waals surface area contributed by atoms with Crippen LogP contribution in [-0.2, 0) is 6.42 Å². The Labute approximate surface area is 127 Å². The minimum absolute atomic E-state index is 0.424. The lowest BCUT2D eigenvalue weighted by Crippen LogP contribution is -2.16. The number of nitrogens with zero attached hydrogens (tertiary/aromatic N) is 1. The van der Waals surface area contributed by atoms with Crippen molar-refractivity contribution in [2.75, 3.05) is 17.2 Å². The molecule has 3 nitrogen and oxygen atoms in total. The molecular formula is C18H25N3. The summed E-state index contributed by atoms with van der Waals surface area (Å²) < 4.78 is 0. The summed E-state index contributed by atoms with van der Waals surface area (Å²) in [5.41, 5.74) is 3.55. The van der Waals surface area contributed by atoms with Gasteiger partial charge in [0, 0.05) is 12.6 Å². The molecule has 0 aliphatic rings. The summed E-state index contributed by atoms with van der Waals surface area (Å²) >= 11 is 0. The molecule has 2 rings (SSSR count). The smallest absolute Gasteiger partial charge is 0.0549 e. The van der Waals surface area contributed by atoms with Gasteiger partial charge in [-0.25, -0.2) is 0 Å². The standard InChI is InChI=1S/C18H25N3/c1-3-11-20-17-12-18(14-19-13-17)21-15(2)9-10-16-7-5-4-6-8-16/h4-8,12-15,20-21H,3,9-11H2,1-2H3. The van der Waals surface area contributed by atoms with E-state index in [1.165, 1.54) is 5.56 Å². The molecule has 1 heterocycles. The zero-order chi connectivity index (χ0) is 14.9. The number of anilines is 2. The van der Waals surface area contributed by atoms with Crippen molar-refractivity contribution in [1.82, 2.24) is 4.98 Å². The number of aryl methyl sites for hydroxylation is 1.